The normalized spacial score (nSPS) is 19.8. The van der Waals surface area contributed by atoms with Crippen molar-refractivity contribution in [3.8, 4) is 11.8 Å². The predicted octanol–water partition coefficient (Wildman–Crippen LogP) is 2.64. The zero-order valence-corrected chi connectivity index (χ0v) is 11.1. The van der Waals surface area contributed by atoms with Gasteiger partial charge in [-0.2, -0.15) is 5.26 Å². The van der Waals surface area contributed by atoms with Crippen LogP contribution in [0.1, 0.15) is 24.8 Å². The van der Waals surface area contributed by atoms with E-state index in [9.17, 15) is 0 Å². The second-order valence-corrected chi connectivity index (χ2v) is 5.12. The number of ether oxygens (including phenoxy) is 1. The Hall–Kier alpha value is -1.53. The molecule has 2 atom stereocenters. The van der Waals surface area contributed by atoms with E-state index in [0.29, 0.717) is 5.92 Å². The lowest BCUT2D eigenvalue weighted by Crippen LogP contribution is -2.30. The molecule has 3 nitrogen and oxygen atoms in total. The van der Waals surface area contributed by atoms with Gasteiger partial charge in [-0.05, 0) is 32.0 Å². The van der Waals surface area contributed by atoms with Crippen molar-refractivity contribution in [1.82, 2.24) is 4.90 Å². The fourth-order valence-electron chi connectivity index (χ4n) is 2.56. The number of benzene rings is 1. The molecule has 3 heteroatoms. The van der Waals surface area contributed by atoms with Crippen LogP contribution in [0.15, 0.2) is 24.3 Å². The van der Waals surface area contributed by atoms with E-state index < -0.39 is 0 Å². The third-order valence-corrected chi connectivity index (χ3v) is 3.42. The lowest BCUT2D eigenvalue weighted by molar-refractivity contribution is 0.226. The summed E-state index contributed by atoms with van der Waals surface area (Å²) < 4.78 is 5.67. The van der Waals surface area contributed by atoms with Gasteiger partial charge in [0.2, 0.25) is 0 Å². The summed E-state index contributed by atoms with van der Waals surface area (Å²) >= 11 is 0. The molecule has 2 rings (SSSR count). The van der Waals surface area contributed by atoms with E-state index in [1.807, 2.05) is 19.1 Å². The Kier molecular flexibility index (Phi) is 4.22. The monoisotopic (exact) mass is 244 g/mol. The fraction of sp³-hybridized carbons (Fsp3) is 0.533. The quantitative estimate of drug-likeness (QED) is 0.817. The maximum Gasteiger partial charge on any atom is 0.122 e. The maximum absolute atomic E-state index is 8.85. The molecule has 0 saturated carbocycles. The Bertz CT molecular complexity index is 438. The summed E-state index contributed by atoms with van der Waals surface area (Å²) in [5, 5.41) is 8.85. The van der Waals surface area contributed by atoms with Gasteiger partial charge in [-0.1, -0.05) is 18.2 Å². The minimum absolute atomic E-state index is 0.0880. The summed E-state index contributed by atoms with van der Waals surface area (Å²) in [6.45, 7) is 4.58. The van der Waals surface area contributed by atoms with Crippen LogP contribution >= 0.6 is 0 Å². The Morgan fingerprint density at radius 1 is 1.50 bits per heavy atom. The van der Waals surface area contributed by atoms with Crippen LogP contribution < -0.4 is 4.74 Å². The maximum atomic E-state index is 8.85. The SMILES string of the molecule is CC(C#N)CN(C)CC1CCOc2ccccc21. The first-order valence-corrected chi connectivity index (χ1v) is 6.50. The third kappa shape index (κ3) is 3.02. The molecule has 18 heavy (non-hydrogen) atoms. The molecule has 1 aromatic carbocycles. The molecule has 1 aliphatic rings. The molecule has 0 N–H and O–H groups in total. The van der Waals surface area contributed by atoms with Gasteiger partial charge in [0.25, 0.3) is 0 Å². The number of nitriles is 1. The highest BCUT2D eigenvalue weighted by Gasteiger charge is 2.22. The van der Waals surface area contributed by atoms with Crippen LogP contribution in [0.2, 0.25) is 0 Å². The molecular weight excluding hydrogens is 224 g/mol. The van der Waals surface area contributed by atoms with Gasteiger partial charge in [0.05, 0.1) is 18.6 Å². The number of hydrogen-bond acceptors (Lipinski definition) is 3. The summed E-state index contributed by atoms with van der Waals surface area (Å²) in [6.07, 6.45) is 1.06. The van der Waals surface area contributed by atoms with E-state index >= 15 is 0 Å². The molecule has 1 aliphatic heterocycles. The second kappa shape index (κ2) is 5.88. The lowest BCUT2D eigenvalue weighted by atomic mass is 9.92. The van der Waals surface area contributed by atoms with Crippen molar-refractivity contribution >= 4 is 0 Å². The second-order valence-electron chi connectivity index (χ2n) is 5.12. The number of likely N-dealkylation sites (N-methyl/N-ethyl adjacent to an activating group) is 1. The highest BCUT2D eigenvalue weighted by Crippen LogP contribution is 2.33. The third-order valence-electron chi connectivity index (χ3n) is 3.42. The van der Waals surface area contributed by atoms with Crippen LogP contribution in [0.5, 0.6) is 5.75 Å². The molecule has 0 aromatic heterocycles. The molecule has 0 saturated heterocycles. The summed E-state index contributed by atoms with van der Waals surface area (Å²) in [6, 6.07) is 10.6. The molecule has 0 bridgehead atoms. The van der Waals surface area contributed by atoms with E-state index in [1.165, 1.54) is 5.56 Å². The van der Waals surface area contributed by atoms with Crippen molar-refractivity contribution in [2.45, 2.75) is 19.3 Å². The number of para-hydroxylation sites is 1. The van der Waals surface area contributed by atoms with Crippen molar-refractivity contribution in [1.29, 1.82) is 5.26 Å². The molecule has 0 radical (unpaired) electrons. The van der Waals surface area contributed by atoms with Gasteiger partial charge in [-0.25, -0.2) is 0 Å². The number of hydrogen-bond donors (Lipinski definition) is 0. The van der Waals surface area contributed by atoms with Crippen LogP contribution in [-0.2, 0) is 0 Å². The first-order valence-electron chi connectivity index (χ1n) is 6.50. The number of fused-ring (bicyclic) bond motifs is 1. The number of nitrogens with zero attached hydrogens (tertiary/aromatic N) is 2. The van der Waals surface area contributed by atoms with Crippen LogP contribution in [-0.4, -0.2) is 31.6 Å². The van der Waals surface area contributed by atoms with E-state index in [2.05, 4.69) is 30.1 Å². The van der Waals surface area contributed by atoms with Crippen LogP contribution in [0, 0.1) is 17.2 Å². The Morgan fingerprint density at radius 3 is 3.06 bits per heavy atom. The van der Waals surface area contributed by atoms with Crippen molar-refractivity contribution in [2.24, 2.45) is 5.92 Å². The fourth-order valence-corrected chi connectivity index (χ4v) is 2.56. The minimum Gasteiger partial charge on any atom is -0.493 e. The van der Waals surface area contributed by atoms with Gasteiger partial charge in [-0.3, -0.25) is 0 Å². The molecule has 2 unspecified atom stereocenters. The van der Waals surface area contributed by atoms with Crippen molar-refractivity contribution in [3.63, 3.8) is 0 Å². The standard InChI is InChI=1S/C15H20N2O/c1-12(9-16)10-17(2)11-13-7-8-18-15-6-4-3-5-14(13)15/h3-6,12-13H,7-8,10-11H2,1-2H3. The first kappa shape index (κ1) is 12.9. The molecule has 0 amide bonds. The van der Waals surface area contributed by atoms with Gasteiger partial charge >= 0.3 is 0 Å². The lowest BCUT2D eigenvalue weighted by Gasteiger charge is -2.29. The van der Waals surface area contributed by atoms with E-state index in [0.717, 1.165) is 31.9 Å². The van der Waals surface area contributed by atoms with Gasteiger partial charge < -0.3 is 9.64 Å². The molecule has 0 fully saturated rings. The highest BCUT2D eigenvalue weighted by atomic mass is 16.5. The smallest absolute Gasteiger partial charge is 0.122 e. The molecule has 0 aliphatic carbocycles. The zero-order chi connectivity index (χ0) is 13.0. The van der Waals surface area contributed by atoms with Crippen molar-refractivity contribution in [2.75, 3.05) is 26.7 Å². The average molecular weight is 244 g/mol. The minimum atomic E-state index is 0.0880. The van der Waals surface area contributed by atoms with Gasteiger partial charge in [0.1, 0.15) is 5.75 Å². The molecular formula is C15H20N2O. The largest absolute Gasteiger partial charge is 0.493 e. The molecule has 96 valence electrons. The molecule has 1 heterocycles. The van der Waals surface area contributed by atoms with E-state index in [1.54, 1.807) is 0 Å². The average Bonchev–Trinajstić information content (AvgIpc) is 2.39. The topological polar surface area (TPSA) is 36.3 Å². The van der Waals surface area contributed by atoms with Crippen LogP contribution in [0.25, 0.3) is 0 Å². The Labute approximate surface area is 109 Å². The zero-order valence-electron chi connectivity index (χ0n) is 11.1. The summed E-state index contributed by atoms with van der Waals surface area (Å²) in [7, 11) is 2.09. The predicted molar refractivity (Wildman–Crippen MR) is 71.6 cm³/mol. The summed E-state index contributed by atoms with van der Waals surface area (Å²) in [4.78, 5) is 2.25. The summed E-state index contributed by atoms with van der Waals surface area (Å²) in [5.41, 5.74) is 1.31. The highest BCUT2D eigenvalue weighted by molar-refractivity contribution is 5.37. The summed E-state index contributed by atoms with van der Waals surface area (Å²) in [5.74, 6) is 1.63. The molecule has 0 spiro atoms. The Balaban J connectivity index is 2.01. The molecule has 1 aromatic rings. The van der Waals surface area contributed by atoms with E-state index in [-0.39, 0.29) is 5.92 Å². The van der Waals surface area contributed by atoms with Gasteiger partial charge in [-0.15, -0.1) is 0 Å². The van der Waals surface area contributed by atoms with Crippen LogP contribution in [0.4, 0.5) is 0 Å². The Morgan fingerprint density at radius 2 is 2.28 bits per heavy atom. The van der Waals surface area contributed by atoms with E-state index in [4.69, 9.17) is 10.00 Å². The van der Waals surface area contributed by atoms with Crippen LogP contribution in [0.3, 0.4) is 0 Å². The number of rotatable bonds is 4. The van der Waals surface area contributed by atoms with Gasteiger partial charge in [0, 0.05) is 19.0 Å². The van der Waals surface area contributed by atoms with Crippen molar-refractivity contribution in [3.05, 3.63) is 29.8 Å². The van der Waals surface area contributed by atoms with Gasteiger partial charge in [0.15, 0.2) is 0 Å². The first-order chi connectivity index (χ1) is 8.70. The van der Waals surface area contributed by atoms with Crippen molar-refractivity contribution < 1.29 is 4.74 Å².